The molecule has 0 saturated carbocycles. The van der Waals surface area contributed by atoms with Gasteiger partial charge >= 0.3 is 0 Å². The number of nitrogens with zero attached hydrogens (tertiary/aromatic N) is 2. The largest absolute Gasteiger partial charge is 0.411 e. The van der Waals surface area contributed by atoms with Gasteiger partial charge in [0.05, 0.1) is 11.9 Å². The molecule has 0 aromatic rings. The number of oxime groups is 2. The third-order valence-electron chi connectivity index (χ3n) is 0.480. The highest BCUT2D eigenvalue weighted by molar-refractivity contribution is 6.29. The van der Waals surface area contributed by atoms with Crippen molar-refractivity contribution in [2.24, 2.45) is 10.3 Å². The minimum absolute atomic E-state index is 0. The molecule has 0 atom stereocenters. The lowest BCUT2D eigenvalue weighted by Crippen LogP contribution is -1.91. The van der Waals surface area contributed by atoms with E-state index in [0.717, 1.165) is 0 Å². The number of rotatable bonds is 2. The molecule has 0 fully saturated rings. The van der Waals surface area contributed by atoms with Gasteiger partial charge in [-0.1, -0.05) is 10.3 Å². The molecule has 0 heterocycles. The topological polar surface area (TPSA) is 89.2 Å². The Morgan fingerprint density at radius 2 is 2.10 bits per heavy atom. The fraction of sp³-hybridized carbons (Fsp3) is 0.500. The molecule has 0 unspecified atom stereocenters. The predicted octanol–water partition coefficient (Wildman–Crippen LogP) is 1.05. The van der Waals surface area contributed by atoms with E-state index >= 15 is 0 Å². The van der Waals surface area contributed by atoms with Crippen LogP contribution in [0.2, 0.25) is 0 Å². The van der Waals surface area contributed by atoms with Crippen molar-refractivity contribution >= 4 is 24.3 Å². The lowest BCUT2D eigenvalue weighted by atomic mass is 10.5. The Balaban J connectivity index is -0.000000245. The third-order valence-corrected chi connectivity index (χ3v) is 0.480. The standard InChI is InChI=1S/C4H8N2O2.ClH.H3N/c1-4(3-5-7)6-8-2;;/h3,7H,1-2H3;1H;1H3. The highest BCUT2D eigenvalue weighted by Crippen LogP contribution is 1.71. The fourth-order valence-electron chi connectivity index (χ4n) is 0.251. The molecule has 5 nitrogen and oxygen atoms in total. The first-order valence-corrected chi connectivity index (χ1v) is 2.06. The second-order valence-electron chi connectivity index (χ2n) is 1.16. The molecule has 0 aromatic carbocycles. The van der Waals surface area contributed by atoms with Gasteiger partial charge in [0, 0.05) is 0 Å². The van der Waals surface area contributed by atoms with Crippen LogP contribution in [-0.4, -0.2) is 24.2 Å². The van der Waals surface area contributed by atoms with Crippen LogP contribution in [-0.2, 0) is 4.84 Å². The van der Waals surface area contributed by atoms with E-state index in [4.69, 9.17) is 5.21 Å². The van der Waals surface area contributed by atoms with Crippen LogP contribution in [0.15, 0.2) is 10.3 Å². The van der Waals surface area contributed by atoms with Gasteiger partial charge in [0.1, 0.15) is 7.11 Å². The number of hydrogen-bond donors (Lipinski definition) is 2. The van der Waals surface area contributed by atoms with Crippen LogP contribution in [0.4, 0.5) is 0 Å². The molecule has 0 saturated heterocycles. The average Bonchev–Trinajstić information content (AvgIpc) is 1.68. The summed E-state index contributed by atoms with van der Waals surface area (Å²) in [5.41, 5.74) is 0.523. The minimum Gasteiger partial charge on any atom is -0.411 e. The normalized spacial score (nSPS) is 10.0. The van der Waals surface area contributed by atoms with Crippen molar-refractivity contribution in [3.63, 3.8) is 0 Å². The zero-order chi connectivity index (χ0) is 6.41. The summed E-state index contributed by atoms with van der Waals surface area (Å²) in [7, 11) is 1.43. The number of halogens is 1. The van der Waals surface area contributed by atoms with Crippen LogP contribution in [0.5, 0.6) is 0 Å². The average molecular weight is 170 g/mol. The maximum atomic E-state index is 7.90. The summed E-state index contributed by atoms with van der Waals surface area (Å²) < 4.78 is 0. The summed E-state index contributed by atoms with van der Waals surface area (Å²) in [4.78, 5) is 4.34. The highest BCUT2D eigenvalue weighted by atomic mass is 35.5. The van der Waals surface area contributed by atoms with E-state index in [1.54, 1.807) is 6.92 Å². The first kappa shape index (κ1) is 16.1. The summed E-state index contributed by atoms with van der Waals surface area (Å²) in [5.74, 6) is 0. The lowest BCUT2D eigenvalue weighted by Gasteiger charge is -1.85. The molecule has 0 radical (unpaired) electrons. The highest BCUT2D eigenvalue weighted by Gasteiger charge is 1.79. The van der Waals surface area contributed by atoms with Gasteiger partial charge in [-0.2, -0.15) is 0 Å². The molecule has 0 aliphatic carbocycles. The van der Waals surface area contributed by atoms with Gasteiger partial charge in [-0.15, -0.1) is 12.4 Å². The maximum absolute atomic E-state index is 7.90. The summed E-state index contributed by atoms with van der Waals surface area (Å²) in [6.07, 6.45) is 1.18. The van der Waals surface area contributed by atoms with Gasteiger partial charge in [0.25, 0.3) is 0 Å². The first-order chi connectivity index (χ1) is 3.81. The third kappa shape index (κ3) is 10.2. The van der Waals surface area contributed by atoms with Gasteiger partial charge in [-0.25, -0.2) is 0 Å². The van der Waals surface area contributed by atoms with Crippen molar-refractivity contribution < 1.29 is 10.0 Å². The maximum Gasteiger partial charge on any atom is 0.106 e. The molecular formula is C4H12ClN3O2. The molecule has 0 amide bonds. The van der Waals surface area contributed by atoms with E-state index in [1.807, 2.05) is 0 Å². The molecule has 0 aliphatic rings. The smallest absolute Gasteiger partial charge is 0.106 e. The second kappa shape index (κ2) is 11.0. The second-order valence-corrected chi connectivity index (χ2v) is 1.16. The SMILES string of the molecule is CON=C(C)C=NO.Cl.N. The van der Waals surface area contributed by atoms with Crippen molar-refractivity contribution in [1.82, 2.24) is 6.15 Å². The Kier molecular flexibility index (Phi) is 17.8. The molecule has 0 rings (SSSR count). The molecule has 4 N–H and O–H groups in total. The van der Waals surface area contributed by atoms with Gasteiger partial charge < -0.3 is 16.2 Å². The predicted molar refractivity (Wildman–Crippen MR) is 42.7 cm³/mol. The first-order valence-electron chi connectivity index (χ1n) is 2.06. The van der Waals surface area contributed by atoms with Crippen molar-refractivity contribution in [2.45, 2.75) is 6.92 Å². The van der Waals surface area contributed by atoms with Crippen LogP contribution in [0.25, 0.3) is 0 Å². The van der Waals surface area contributed by atoms with Crippen molar-refractivity contribution in [3.8, 4) is 0 Å². The van der Waals surface area contributed by atoms with E-state index in [2.05, 4.69) is 15.1 Å². The Morgan fingerprint density at radius 3 is 2.40 bits per heavy atom. The van der Waals surface area contributed by atoms with E-state index in [0.29, 0.717) is 5.71 Å². The van der Waals surface area contributed by atoms with Crippen molar-refractivity contribution in [1.29, 1.82) is 0 Å². The Morgan fingerprint density at radius 1 is 1.60 bits per heavy atom. The van der Waals surface area contributed by atoms with Gasteiger partial charge in [-0.3, -0.25) is 0 Å². The zero-order valence-electron chi connectivity index (χ0n) is 5.94. The number of hydrogen-bond acceptors (Lipinski definition) is 5. The molecule has 0 aliphatic heterocycles. The van der Waals surface area contributed by atoms with Crippen LogP contribution in [0, 0.1) is 0 Å². The molecule has 0 spiro atoms. The Bertz CT molecular complexity index is 115. The Labute approximate surface area is 65.7 Å². The van der Waals surface area contributed by atoms with Gasteiger partial charge in [-0.05, 0) is 6.92 Å². The zero-order valence-corrected chi connectivity index (χ0v) is 6.76. The van der Waals surface area contributed by atoms with E-state index < -0.39 is 0 Å². The van der Waals surface area contributed by atoms with Crippen LogP contribution in [0.1, 0.15) is 6.92 Å². The van der Waals surface area contributed by atoms with Crippen molar-refractivity contribution in [2.75, 3.05) is 7.11 Å². The molecule has 6 heteroatoms. The monoisotopic (exact) mass is 169 g/mol. The summed E-state index contributed by atoms with van der Waals surface area (Å²) in [5, 5.41) is 14.0. The molecular weight excluding hydrogens is 158 g/mol. The molecule has 0 aromatic heterocycles. The minimum atomic E-state index is 0. The lowest BCUT2D eigenvalue weighted by molar-refractivity contribution is 0.214. The van der Waals surface area contributed by atoms with E-state index in [1.165, 1.54) is 13.3 Å². The summed E-state index contributed by atoms with van der Waals surface area (Å²) in [6.45, 7) is 1.66. The van der Waals surface area contributed by atoms with E-state index in [-0.39, 0.29) is 18.6 Å². The van der Waals surface area contributed by atoms with Crippen LogP contribution >= 0.6 is 12.4 Å². The summed E-state index contributed by atoms with van der Waals surface area (Å²) >= 11 is 0. The van der Waals surface area contributed by atoms with E-state index in [9.17, 15) is 0 Å². The van der Waals surface area contributed by atoms with Gasteiger partial charge in [0.15, 0.2) is 0 Å². The van der Waals surface area contributed by atoms with Crippen LogP contribution in [0.3, 0.4) is 0 Å². The van der Waals surface area contributed by atoms with Crippen molar-refractivity contribution in [3.05, 3.63) is 0 Å². The molecule has 0 bridgehead atoms. The summed E-state index contributed by atoms with van der Waals surface area (Å²) in [6, 6.07) is 0. The fourth-order valence-corrected chi connectivity index (χ4v) is 0.251. The quantitative estimate of drug-likeness (QED) is 0.368. The molecule has 62 valence electrons. The van der Waals surface area contributed by atoms with Crippen LogP contribution < -0.4 is 6.15 Å². The molecule has 10 heavy (non-hydrogen) atoms. The van der Waals surface area contributed by atoms with Gasteiger partial charge in [0.2, 0.25) is 0 Å². The Hall–Kier alpha value is -0.810.